The molecule has 1 aliphatic heterocycles. The minimum absolute atomic E-state index is 0.0980. The van der Waals surface area contributed by atoms with Crippen molar-refractivity contribution in [2.75, 3.05) is 19.6 Å². The summed E-state index contributed by atoms with van der Waals surface area (Å²) in [4.78, 5) is 15.0. The number of ether oxygens (including phenoxy) is 1. The molecule has 2 aromatic rings. The van der Waals surface area contributed by atoms with Crippen LogP contribution in [0.25, 0.3) is 0 Å². The van der Waals surface area contributed by atoms with Crippen molar-refractivity contribution < 1.29 is 14.6 Å². The Morgan fingerprint density at radius 3 is 2.56 bits per heavy atom. The summed E-state index contributed by atoms with van der Waals surface area (Å²) in [5, 5.41) is 10.7. The van der Waals surface area contributed by atoms with Gasteiger partial charge in [0.05, 0.1) is 6.54 Å². The van der Waals surface area contributed by atoms with E-state index in [9.17, 15) is 9.90 Å². The van der Waals surface area contributed by atoms with Gasteiger partial charge in [0.25, 0.3) is 0 Å². The van der Waals surface area contributed by atoms with E-state index in [1.807, 2.05) is 13.0 Å². The van der Waals surface area contributed by atoms with Gasteiger partial charge >= 0.3 is 5.97 Å². The summed E-state index contributed by atoms with van der Waals surface area (Å²) < 4.78 is 5.85. The van der Waals surface area contributed by atoms with Gasteiger partial charge in [-0.15, -0.1) is 0 Å². The molecule has 4 heteroatoms. The molecule has 1 unspecified atom stereocenters. The summed E-state index contributed by atoms with van der Waals surface area (Å²) in [6.45, 7) is 6.18. The van der Waals surface area contributed by atoms with Gasteiger partial charge in [0.2, 0.25) is 0 Å². The van der Waals surface area contributed by atoms with E-state index in [1.54, 1.807) is 6.07 Å². The van der Waals surface area contributed by atoms with Crippen LogP contribution in [-0.2, 0) is 11.2 Å². The third-order valence-electron chi connectivity index (χ3n) is 6.86. The molecule has 4 nitrogen and oxygen atoms in total. The number of piperidine rings is 1. The fourth-order valence-corrected chi connectivity index (χ4v) is 5.18. The van der Waals surface area contributed by atoms with E-state index in [1.165, 1.54) is 11.1 Å². The average Bonchev–Trinajstić information content (AvgIpc) is 2.75. The molecular weight excluding hydrogens is 398 g/mol. The van der Waals surface area contributed by atoms with E-state index in [-0.39, 0.29) is 17.6 Å². The van der Waals surface area contributed by atoms with Gasteiger partial charge < -0.3 is 9.84 Å². The standard InChI is InChI=1S/C28H35NO3/c1-20-7-6-10-24(15-20)28-25(30)16-21(2)17-26(28)32-27(31)19-29-13-11-23(12-14-29)18-22-8-4-3-5-9-22/h3-5,8-9,15-17,23-24,30H,6-7,10-14,18-19H2,1-2H3. The Morgan fingerprint density at radius 2 is 1.84 bits per heavy atom. The number of rotatable bonds is 6. The second kappa shape index (κ2) is 10.4. The minimum Gasteiger partial charge on any atom is -0.507 e. The summed E-state index contributed by atoms with van der Waals surface area (Å²) in [6, 6.07) is 14.3. The van der Waals surface area contributed by atoms with E-state index < -0.39 is 0 Å². The third kappa shape index (κ3) is 5.80. The molecule has 1 fully saturated rings. The van der Waals surface area contributed by atoms with Crippen LogP contribution in [0, 0.1) is 12.8 Å². The number of allylic oxidation sites excluding steroid dienone is 2. The van der Waals surface area contributed by atoms with Gasteiger partial charge in [-0.25, -0.2) is 0 Å². The molecule has 0 aromatic heterocycles. The number of phenolic OH excluding ortho intramolecular Hbond substituents is 1. The van der Waals surface area contributed by atoms with Crippen LogP contribution in [0.1, 0.15) is 61.6 Å². The normalized spacial score (nSPS) is 20.1. The molecule has 1 heterocycles. The van der Waals surface area contributed by atoms with Crippen LogP contribution < -0.4 is 4.74 Å². The number of esters is 1. The minimum atomic E-state index is -0.241. The van der Waals surface area contributed by atoms with E-state index in [0.717, 1.165) is 62.7 Å². The maximum absolute atomic E-state index is 12.8. The van der Waals surface area contributed by atoms with Crippen LogP contribution in [0.5, 0.6) is 11.5 Å². The average molecular weight is 434 g/mol. The number of aromatic hydroxyl groups is 1. The lowest BCUT2D eigenvalue weighted by Crippen LogP contribution is -2.39. The SMILES string of the molecule is CC1=CC(c2c(O)cc(C)cc2OC(=O)CN2CCC(Cc3ccccc3)CC2)CCC1. The lowest BCUT2D eigenvalue weighted by Gasteiger charge is -2.31. The summed E-state index contributed by atoms with van der Waals surface area (Å²) in [7, 11) is 0. The van der Waals surface area contributed by atoms with Crippen LogP contribution in [0.4, 0.5) is 0 Å². The lowest BCUT2D eigenvalue weighted by atomic mass is 9.85. The fraction of sp³-hybridized carbons (Fsp3) is 0.464. The molecule has 2 aliphatic rings. The topological polar surface area (TPSA) is 49.8 Å². The molecule has 170 valence electrons. The number of phenols is 1. The molecule has 1 aliphatic carbocycles. The van der Waals surface area contributed by atoms with Crippen molar-refractivity contribution in [3.8, 4) is 11.5 Å². The van der Waals surface area contributed by atoms with Crippen molar-refractivity contribution in [1.82, 2.24) is 4.90 Å². The highest BCUT2D eigenvalue weighted by Gasteiger charge is 2.25. The number of hydrogen-bond acceptors (Lipinski definition) is 4. The second-order valence-electron chi connectivity index (χ2n) is 9.59. The number of nitrogens with zero attached hydrogens (tertiary/aromatic N) is 1. The smallest absolute Gasteiger partial charge is 0.325 e. The van der Waals surface area contributed by atoms with E-state index in [0.29, 0.717) is 18.2 Å². The molecule has 0 radical (unpaired) electrons. The molecule has 1 saturated heterocycles. The molecule has 1 atom stereocenters. The number of carbonyl (C=O) groups is 1. The number of carbonyl (C=O) groups excluding carboxylic acids is 1. The Balaban J connectivity index is 1.36. The summed E-state index contributed by atoms with van der Waals surface area (Å²) in [6.07, 6.45) is 8.68. The Labute approximate surface area is 191 Å². The molecule has 1 N–H and O–H groups in total. The molecule has 2 aromatic carbocycles. The zero-order valence-electron chi connectivity index (χ0n) is 19.3. The zero-order valence-corrected chi connectivity index (χ0v) is 19.3. The van der Waals surface area contributed by atoms with Crippen molar-refractivity contribution in [3.63, 3.8) is 0 Å². The van der Waals surface area contributed by atoms with Gasteiger partial charge in [-0.2, -0.15) is 0 Å². The number of hydrogen-bond donors (Lipinski definition) is 1. The van der Waals surface area contributed by atoms with Gasteiger partial charge in [-0.1, -0.05) is 42.0 Å². The highest BCUT2D eigenvalue weighted by atomic mass is 16.5. The summed E-state index contributed by atoms with van der Waals surface area (Å²) in [5.74, 6) is 1.27. The van der Waals surface area contributed by atoms with Crippen LogP contribution in [0.2, 0.25) is 0 Å². The fourth-order valence-electron chi connectivity index (χ4n) is 5.18. The largest absolute Gasteiger partial charge is 0.507 e. The molecule has 0 amide bonds. The molecular formula is C28H35NO3. The van der Waals surface area contributed by atoms with Gasteiger partial charge in [0.1, 0.15) is 11.5 Å². The van der Waals surface area contributed by atoms with Crippen LogP contribution in [-0.4, -0.2) is 35.6 Å². The Kier molecular flexibility index (Phi) is 7.31. The molecule has 0 bridgehead atoms. The first-order valence-corrected chi connectivity index (χ1v) is 12.0. The van der Waals surface area contributed by atoms with Crippen molar-refractivity contribution in [2.45, 2.75) is 58.3 Å². The van der Waals surface area contributed by atoms with Gasteiger partial charge in [-0.3, -0.25) is 9.69 Å². The number of benzene rings is 2. The quantitative estimate of drug-likeness (QED) is 0.357. The number of likely N-dealkylation sites (tertiary alicyclic amines) is 1. The highest BCUT2D eigenvalue weighted by molar-refractivity contribution is 5.75. The highest BCUT2D eigenvalue weighted by Crippen LogP contribution is 2.42. The summed E-state index contributed by atoms with van der Waals surface area (Å²) >= 11 is 0. The van der Waals surface area contributed by atoms with Crippen molar-refractivity contribution in [3.05, 3.63) is 70.8 Å². The van der Waals surface area contributed by atoms with E-state index >= 15 is 0 Å². The van der Waals surface area contributed by atoms with Crippen LogP contribution in [0.3, 0.4) is 0 Å². The van der Waals surface area contributed by atoms with Crippen LogP contribution >= 0.6 is 0 Å². The van der Waals surface area contributed by atoms with Gasteiger partial charge in [-0.05, 0) is 94.6 Å². The Morgan fingerprint density at radius 1 is 1.09 bits per heavy atom. The van der Waals surface area contributed by atoms with E-state index in [2.05, 4.69) is 48.2 Å². The lowest BCUT2D eigenvalue weighted by molar-refractivity contribution is -0.136. The predicted octanol–water partition coefficient (Wildman–Crippen LogP) is 5.77. The van der Waals surface area contributed by atoms with Gasteiger partial charge in [0, 0.05) is 11.5 Å². The summed E-state index contributed by atoms with van der Waals surface area (Å²) in [5.41, 5.74) is 4.37. The maximum atomic E-state index is 12.8. The first-order valence-electron chi connectivity index (χ1n) is 12.0. The van der Waals surface area contributed by atoms with Crippen molar-refractivity contribution >= 4 is 5.97 Å². The first-order chi connectivity index (χ1) is 15.5. The molecule has 0 saturated carbocycles. The van der Waals surface area contributed by atoms with Gasteiger partial charge in [0.15, 0.2) is 0 Å². The second-order valence-corrected chi connectivity index (χ2v) is 9.59. The number of aryl methyl sites for hydroxylation is 1. The Hall–Kier alpha value is -2.59. The van der Waals surface area contributed by atoms with Crippen LogP contribution in [0.15, 0.2) is 54.1 Å². The van der Waals surface area contributed by atoms with E-state index in [4.69, 9.17) is 4.74 Å². The monoisotopic (exact) mass is 433 g/mol. The first kappa shape index (κ1) is 22.6. The van der Waals surface area contributed by atoms with Crippen molar-refractivity contribution in [1.29, 1.82) is 0 Å². The Bertz CT molecular complexity index is 958. The molecule has 0 spiro atoms. The third-order valence-corrected chi connectivity index (χ3v) is 6.86. The predicted molar refractivity (Wildman–Crippen MR) is 128 cm³/mol. The molecule has 4 rings (SSSR count). The molecule has 32 heavy (non-hydrogen) atoms. The maximum Gasteiger partial charge on any atom is 0.325 e. The zero-order chi connectivity index (χ0) is 22.5. The van der Waals surface area contributed by atoms with Crippen molar-refractivity contribution in [2.24, 2.45) is 5.92 Å².